The number of benzene rings is 1. The van der Waals surface area contributed by atoms with E-state index in [1.807, 2.05) is 37.3 Å². The van der Waals surface area contributed by atoms with Crippen LogP contribution in [0.4, 0.5) is 0 Å². The number of nitrogens with one attached hydrogen (secondary N) is 1. The summed E-state index contributed by atoms with van der Waals surface area (Å²) in [5.41, 5.74) is 6.71. The first-order chi connectivity index (χ1) is 13.3. The van der Waals surface area contributed by atoms with Gasteiger partial charge < -0.3 is 35.8 Å². The Hall–Kier alpha value is -1.75. The van der Waals surface area contributed by atoms with E-state index >= 15 is 0 Å². The van der Waals surface area contributed by atoms with E-state index in [0.29, 0.717) is 6.42 Å². The van der Waals surface area contributed by atoms with Crippen LogP contribution < -0.4 is 11.1 Å². The zero-order valence-electron chi connectivity index (χ0n) is 16.1. The molecule has 1 aromatic carbocycles. The maximum absolute atomic E-state index is 12.1. The van der Waals surface area contributed by atoms with Gasteiger partial charge in [0.05, 0.1) is 0 Å². The molecule has 1 aliphatic heterocycles. The summed E-state index contributed by atoms with van der Waals surface area (Å²) in [6.07, 6.45) is -4.56. The van der Waals surface area contributed by atoms with E-state index in [1.165, 1.54) is 0 Å². The lowest BCUT2D eigenvalue weighted by atomic mass is 9.97. The smallest absolute Gasteiger partial charge is 0.323 e. The average molecular weight is 433 g/mol. The van der Waals surface area contributed by atoms with Gasteiger partial charge in [-0.2, -0.15) is 0 Å². The highest BCUT2D eigenvalue weighted by Gasteiger charge is 2.45. The van der Waals surface area contributed by atoms with Gasteiger partial charge in [-0.1, -0.05) is 37.3 Å². The summed E-state index contributed by atoms with van der Waals surface area (Å²) in [6.45, 7) is 1.41. The van der Waals surface area contributed by atoms with Crippen LogP contribution in [0.15, 0.2) is 30.3 Å². The van der Waals surface area contributed by atoms with Crippen molar-refractivity contribution in [3.05, 3.63) is 35.9 Å². The first-order valence-corrected chi connectivity index (χ1v) is 9.28. The Kier molecular flexibility index (Phi) is 10.5. The Labute approximate surface area is 175 Å². The van der Waals surface area contributed by atoms with Gasteiger partial charge in [-0.15, -0.1) is 12.4 Å². The molecule has 1 unspecified atom stereocenters. The molecule has 0 spiro atoms. The molecular formula is C19H29ClN2O7. The molecule has 29 heavy (non-hydrogen) atoms. The minimum absolute atomic E-state index is 0. The topological polar surface area (TPSA) is 151 Å². The molecule has 0 bridgehead atoms. The van der Waals surface area contributed by atoms with Crippen molar-refractivity contribution in [1.82, 2.24) is 5.32 Å². The maximum Gasteiger partial charge on any atom is 0.323 e. The fourth-order valence-corrected chi connectivity index (χ4v) is 2.95. The van der Waals surface area contributed by atoms with Crippen LogP contribution in [0.2, 0.25) is 0 Å². The molecule has 9 nitrogen and oxygen atoms in total. The van der Waals surface area contributed by atoms with Crippen LogP contribution in [0.5, 0.6) is 0 Å². The van der Waals surface area contributed by atoms with Gasteiger partial charge in [-0.25, -0.2) is 0 Å². The molecule has 1 heterocycles. The van der Waals surface area contributed by atoms with E-state index in [1.54, 1.807) is 0 Å². The lowest BCUT2D eigenvalue weighted by Gasteiger charge is -2.40. The predicted octanol–water partition coefficient (Wildman–Crippen LogP) is -0.755. The summed E-state index contributed by atoms with van der Waals surface area (Å²) < 4.78 is 10.3. The van der Waals surface area contributed by atoms with Crippen LogP contribution in [0.3, 0.4) is 0 Å². The first kappa shape index (κ1) is 25.3. The quantitative estimate of drug-likeness (QED) is 0.336. The van der Waals surface area contributed by atoms with Crippen LogP contribution in [0, 0.1) is 0 Å². The van der Waals surface area contributed by atoms with Crippen LogP contribution in [0.25, 0.3) is 0 Å². The van der Waals surface area contributed by atoms with Crippen LogP contribution in [-0.4, -0.2) is 70.5 Å². The third-order valence-electron chi connectivity index (χ3n) is 4.52. The molecule has 0 radical (unpaired) electrons. The van der Waals surface area contributed by atoms with Crippen LogP contribution >= 0.6 is 12.4 Å². The molecule has 1 saturated heterocycles. The van der Waals surface area contributed by atoms with Gasteiger partial charge >= 0.3 is 5.97 Å². The number of esters is 1. The van der Waals surface area contributed by atoms with Crippen molar-refractivity contribution in [3.63, 3.8) is 0 Å². The van der Waals surface area contributed by atoms with E-state index in [0.717, 1.165) is 5.56 Å². The summed E-state index contributed by atoms with van der Waals surface area (Å²) in [5, 5.41) is 32.9. The zero-order valence-corrected chi connectivity index (χ0v) is 17.0. The lowest BCUT2D eigenvalue weighted by molar-refractivity contribution is -0.255. The molecule has 0 aliphatic carbocycles. The largest absolute Gasteiger partial charge is 0.462 e. The molecule has 0 saturated carbocycles. The molecule has 0 aromatic heterocycles. The van der Waals surface area contributed by atoms with E-state index in [-0.39, 0.29) is 31.2 Å². The van der Waals surface area contributed by atoms with Crippen molar-refractivity contribution in [1.29, 1.82) is 0 Å². The Bertz CT molecular complexity index is 649. The summed E-state index contributed by atoms with van der Waals surface area (Å²) in [6, 6.07) is 7.10. The van der Waals surface area contributed by atoms with Crippen molar-refractivity contribution < 1.29 is 34.4 Å². The van der Waals surface area contributed by atoms with Crippen molar-refractivity contribution in [2.24, 2.45) is 5.73 Å². The zero-order chi connectivity index (χ0) is 20.7. The van der Waals surface area contributed by atoms with Crippen molar-refractivity contribution in [2.45, 2.75) is 62.9 Å². The van der Waals surface area contributed by atoms with Gasteiger partial charge in [0.15, 0.2) is 6.29 Å². The second-order valence-electron chi connectivity index (χ2n) is 6.82. The molecule has 1 fully saturated rings. The van der Waals surface area contributed by atoms with Gasteiger partial charge in [0.2, 0.25) is 5.91 Å². The monoisotopic (exact) mass is 432 g/mol. The number of hydrogen-bond donors (Lipinski definition) is 5. The summed E-state index contributed by atoms with van der Waals surface area (Å²) >= 11 is 0. The standard InChI is InChI=1S/C19H28N2O7.ClH/c1-2-6-14(22)21-15-17(24)16(23)13(28-19(15)26)10-27-18(25)12(20)9-11-7-4-3-5-8-11;/h3-5,7-8,12-13,15-17,19,23-24,26H,2,6,9-10,20H2,1H3,(H,21,22);1H/t12-,13+,15+,16+,17+,19?;/m0./s1. The number of carbonyl (C=O) groups excluding carboxylic acids is 2. The van der Waals surface area contributed by atoms with Crippen molar-refractivity contribution in [2.75, 3.05) is 6.61 Å². The molecule has 6 atom stereocenters. The number of halogens is 1. The highest BCUT2D eigenvalue weighted by molar-refractivity contribution is 5.85. The Balaban J connectivity index is 0.00000420. The maximum atomic E-state index is 12.1. The fourth-order valence-electron chi connectivity index (χ4n) is 2.95. The highest BCUT2D eigenvalue weighted by atomic mass is 35.5. The summed E-state index contributed by atoms with van der Waals surface area (Å²) in [4.78, 5) is 23.8. The normalized spacial score (nSPS) is 27.4. The van der Waals surface area contributed by atoms with E-state index in [4.69, 9.17) is 15.2 Å². The predicted molar refractivity (Wildman–Crippen MR) is 106 cm³/mol. The van der Waals surface area contributed by atoms with Gasteiger partial charge in [-0.05, 0) is 18.4 Å². The molecular weight excluding hydrogens is 404 g/mol. The number of carbonyl (C=O) groups is 2. The number of hydrogen-bond acceptors (Lipinski definition) is 8. The van der Waals surface area contributed by atoms with E-state index in [9.17, 15) is 24.9 Å². The fraction of sp³-hybridized carbons (Fsp3) is 0.579. The first-order valence-electron chi connectivity index (χ1n) is 9.28. The second-order valence-corrected chi connectivity index (χ2v) is 6.82. The third-order valence-corrected chi connectivity index (χ3v) is 4.52. The minimum Gasteiger partial charge on any atom is -0.462 e. The summed E-state index contributed by atoms with van der Waals surface area (Å²) in [7, 11) is 0. The molecule has 1 aliphatic rings. The van der Waals surface area contributed by atoms with Gasteiger partial charge in [-0.3, -0.25) is 9.59 Å². The Morgan fingerprint density at radius 1 is 1.21 bits per heavy atom. The number of nitrogens with two attached hydrogens (primary N) is 1. The second kappa shape index (κ2) is 12.1. The molecule has 1 aromatic rings. The highest BCUT2D eigenvalue weighted by Crippen LogP contribution is 2.20. The molecule has 6 N–H and O–H groups in total. The summed E-state index contributed by atoms with van der Waals surface area (Å²) in [5.74, 6) is -1.07. The van der Waals surface area contributed by atoms with Crippen LogP contribution in [-0.2, 0) is 25.5 Å². The lowest BCUT2D eigenvalue weighted by Crippen LogP contribution is -2.64. The van der Waals surface area contributed by atoms with Gasteiger partial charge in [0.1, 0.15) is 37.0 Å². The number of amides is 1. The SMILES string of the molecule is CCCC(=O)N[C@H]1C(O)O[C@H](COC(=O)[C@@H](N)Cc2ccccc2)[C@@H](O)[C@@H]1O.Cl. The Morgan fingerprint density at radius 3 is 2.48 bits per heavy atom. The van der Waals surface area contributed by atoms with Crippen LogP contribution in [0.1, 0.15) is 25.3 Å². The van der Waals surface area contributed by atoms with Crippen molar-refractivity contribution in [3.8, 4) is 0 Å². The van der Waals surface area contributed by atoms with Gasteiger partial charge in [0, 0.05) is 6.42 Å². The van der Waals surface area contributed by atoms with E-state index < -0.39 is 49.3 Å². The minimum atomic E-state index is -1.55. The Morgan fingerprint density at radius 2 is 1.86 bits per heavy atom. The molecule has 10 heteroatoms. The number of aliphatic hydroxyl groups excluding tert-OH is 3. The number of aliphatic hydroxyl groups is 3. The molecule has 2 rings (SSSR count). The molecule has 164 valence electrons. The number of rotatable bonds is 8. The van der Waals surface area contributed by atoms with Crippen molar-refractivity contribution >= 4 is 24.3 Å². The third kappa shape index (κ3) is 7.22. The van der Waals surface area contributed by atoms with Gasteiger partial charge in [0.25, 0.3) is 0 Å². The number of ether oxygens (including phenoxy) is 2. The van der Waals surface area contributed by atoms with E-state index in [2.05, 4.69) is 5.32 Å². The average Bonchev–Trinajstić information content (AvgIpc) is 2.67. The molecule has 1 amide bonds.